The fourth-order valence-corrected chi connectivity index (χ4v) is 2.32. The van der Waals surface area contributed by atoms with Gasteiger partial charge < -0.3 is 10.1 Å². The predicted octanol–water partition coefficient (Wildman–Crippen LogP) is 3.16. The third-order valence-corrected chi connectivity index (χ3v) is 3.56. The third-order valence-electron chi connectivity index (χ3n) is 3.56. The molecule has 0 saturated carbocycles. The zero-order valence-electron chi connectivity index (χ0n) is 14.1. The van der Waals surface area contributed by atoms with Crippen LogP contribution in [-0.2, 0) is 4.74 Å². The number of anilines is 2. The number of rotatable bonds is 5. The molecular formula is C17H15N5O4. The number of hydrogen-bond donors (Lipinski definition) is 1. The molecule has 1 N–H and O–H groups in total. The van der Waals surface area contributed by atoms with Crippen LogP contribution in [0, 0.1) is 17.0 Å². The summed E-state index contributed by atoms with van der Waals surface area (Å²) < 4.78 is 4.93. The molecule has 3 aromatic rings. The van der Waals surface area contributed by atoms with E-state index in [1.165, 1.54) is 12.3 Å². The molecule has 0 fully saturated rings. The quantitative estimate of drug-likeness (QED) is 0.422. The van der Waals surface area contributed by atoms with Crippen LogP contribution in [0.5, 0.6) is 0 Å². The number of carbonyl (C=O) groups excluding carboxylic acids is 1. The van der Waals surface area contributed by atoms with Crippen molar-refractivity contribution >= 4 is 34.3 Å². The van der Waals surface area contributed by atoms with Crippen molar-refractivity contribution in [2.75, 3.05) is 11.9 Å². The Morgan fingerprint density at radius 2 is 2.00 bits per heavy atom. The number of ether oxygens (including phenoxy) is 1. The number of pyridine rings is 1. The first-order valence-electron chi connectivity index (χ1n) is 7.81. The number of fused-ring (bicyclic) bond motifs is 1. The van der Waals surface area contributed by atoms with E-state index in [1.54, 1.807) is 38.1 Å². The molecule has 0 spiro atoms. The van der Waals surface area contributed by atoms with Crippen LogP contribution in [0.4, 0.5) is 17.2 Å². The van der Waals surface area contributed by atoms with E-state index in [-0.39, 0.29) is 17.4 Å². The molecule has 0 aliphatic rings. The second kappa shape index (κ2) is 7.09. The number of aromatic nitrogens is 3. The van der Waals surface area contributed by atoms with Crippen molar-refractivity contribution in [1.29, 1.82) is 0 Å². The number of benzene rings is 1. The Bertz CT molecular complexity index is 988. The first-order valence-corrected chi connectivity index (χ1v) is 7.81. The van der Waals surface area contributed by atoms with Gasteiger partial charge in [-0.3, -0.25) is 10.1 Å². The molecule has 0 aliphatic heterocycles. The van der Waals surface area contributed by atoms with Gasteiger partial charge in [-0.1, -0.05) is 0 Å². The van der Waals surface area contributed by atoms with Gasteiger partial charge in [-0.25, -0.2) is 19.7 Å². The van der Waals surface area contributed by atoms with Gasteiger partial charge in [0.15, 0.2) is 11.5 Å². The van der Waals surface area contributed by atoms with Gasteiger partial charge in [0, 0.05) is 11.8 Å². The summed E-state index contributed by atoms with van der Waals surface area (Å²) in [4.78, 5) is 34.7. The number of nitro groups is 1. The molecule has 0 aliphatic carbocycles. The lowest BCUT2D eigenvalue weighted by Gasteiger charge is -2.07. The predicted molar refractivity (Wildman–Crippen MR) is 94.4 cm³/mol. The van der Waals surface area contributed by atoms with Crippen molar-refractivity contribution in [3.63, 3.8) is 0 Å². The molecule has 0 amide bonds. The van der Waals surface area contributed by atoms with Crippen LogP contribution >= 0.6 is 0 Å². The largest absolute Gasteiger partial charge is 0.462 e. The Labute approximate surface area is 148 Å². The van der Waals surface area contributed by atoms with Crippen molar-refractivity contribution in [3.8, 4) is 0 Å². The molecule has 132 valence electrons. The lowest BCUT2D eigenvalue weighted by atomic mass is 10.2. The second-order valence-electron chi connectivity index (χ2n) is 5.37. The number of hydrogen-bond acceptors (Lipinski definition) is 8. The molecule has 9 heteroatoms. The van der Waals surface area contributed by atoms with Crippen LogP contribution in [0.25, 0.3) is 11.2 Å². The van der Waals surface area contributed by atoms with Crippen LogP contribution in [0.1, 0.15) is 23.0 Å². The summed E-state index contributed by atoms with van der Waals surface area (Å²) in [7, 11) is 0. The summed E-state index contributed by atoms with van der Waals surface area (Å²) in [6.07, 6.45) is 1.46. The van der Waals surface area contributed by atoms with E-state index in [0.29, 0.717) is 34.8 Å². The minimum atomic E-state index is -0.499. The van der Waals surface area contributed by atoms with E-state index in [1.807, 2.05) is 0 Å². The average molecular weight is 353 g/mol. The normalized spacial score (nSPS) is 10.5. The average Bonchev–Trinajstić information content (AvgIpc) is 2.61. The van der Waals surface area contributed by atoms with Gasteiger partial charge in [-0.2, -0.15) is 0 Å². The highest BCUT2D eigenvalue weighted by molar-refractivity contribution is 5.89. The molecule has 0 unspecified atom stereocenters. The summed E-state index contributed by atoms with van der Waals surface area (Å²) in [6.45, 7) is 3.61. The van der Waals surface area contributed by atoms with E-state index >= 15 is 0 Å². The summed E-state index contributed by atoms with van der Waals surface area (Å²) in [5.41, 5.74) is 1.97. The molecule has 2 aromatic heterocycles. The van der Waals surface area contributed by atoms with Gasteiger partial charge in [0.05, 0.1) is 23.3 Å². The topological polar surface area (TPSA) is 120 Å². The Morgan fingerprint density at radius 1 is 1.27 bits per heavy atom. The smallest absolute Gasteiger partial charge is 0.338 e. The van der Waals surface area contributed by atoms with Gasteiger partial charge in [0.25, 0.3) is 5.69 Å². The molecule has 3 rings (SSSR count). The van der Waals surface area contributed by atoms with Crippen LogP contribution in [0.3, 0.4) is 0 Å². The number of esters is 1. The summed E-state index contributed by atoms with van der Waals surface area (Å²) in [5, 5.41) is 14.0. The van der Waals surface area contributed by atoms with E-state index in [9.17, 15) is 14.9 Å². The van der Waals surface area contributed by atoms with Crippen LogP contribution in [0.2, 0.25) is 0 Å². The van der Waals surface area contributed by atoms with Crippen molar-refractivity contribution in [2.24, 2.45) is 0 Å². The van der Waals surface area contributed by atoms with E-state index in [2.05, 4.69) is 20.3 Å². The monoisotopic (exact) mass is 353 g/mol. The molecule has 0 bridgehead atoms. The maximum atomic E-state index is 11.6. The highest BCUT2D eigenvalue weighted by Crippen LogP contribution is 2.22. The third kappa shape index (κ3) is 3.56. The molecule has 9 nitrogen and oxygen atoms in total. The van der Waals surface area contributed by atoms with Gasteiger partial charge in [0.2, 0.25) is 0 Å². The first kappa shape index (κ1) is 17.2. The zero-order chi connectivity index (χ0) is 18.7. The van der Waals surface area contributed by atoms with Crippen molar-refractivity contribution in [1.82, 2.24) is 15.0 Å². The lowest BCUT2D eigenvalue weighted by molar-refractivity contribution is -0.385. The first-order chi connectivity index (χ1) is 12.5. The SMILES string of the molecule is CCOC(=O)c1ccc(Nc2cnc3cc([N+](=O)[O-])c(C)nc3n2)cc1. The number of nitrogens with zero attached hydrogens (tertiary/aromatic N) is 4. The van der Waals surface area contributed by atoms with E-state index < -0.39 is 4.92 Å². The Kier molecular flexibility index (Phi) is 4.70. The fraction of sp³-hybridized carbons (Fsp3) is 0.176. The van der Waals surface area contributed by atoms with E-state index in [0.717, 1.165) is 0 Å². The summed E-state index contributed by atoms with van der Waals surface area (Å²) in [5.74, 6) is 0.0490. The molecule has 0 radical (unpaired) electrons. The van der Waals surface area contributed by atoms with Crippen molar-refractivity contribution in [2.45, 2.75) is 13.8 Å². The maximum absolute atomic E-state index is 11.6. The van der Waals surface area contributed by atoms with E-state index in [4.69, 9.17) is 4.74 Å². The highest BCUT2D eigenvalue weighted by Gasteiger charge is 2.15. The maximum Gasteiger partial charge on any atom is 0.338 e. The molecular weight excluding hydrogens is 338 g/mol. The zero-order valence-corrected chi connectivity index (χ0v) is 14.1. The standard InChI is InChI=1S/C17H15N5O4/c1-3-26-17(23)11-4-6-12(7-5-11)20-15-9-18-13-8-14(22(24)25)10(2)19-16(13)21-15/h4-9H,3H2,1-2H3,(H,19,20,21). The number of carbonyl (C=O) groups is 1. The summed E-state index contributed by atoms with van der Waals surface area (Å²) >= 11 is 0. The lowest BCUT2D eigenvalue weighted by Crippen LogP contribution is -2.04. The molecule has 1 aromatic carbocycles. The minimum Gasteiger partial charge on any atom is -0.462 e. The van der Waals surface area contributed by atoms with Gasteiger partial charge in [-0.15, -0.1) is 0 Å². The van der Waals surface area contributed by atoms with Crippen LogP contribution in [-0.4, -0.2) is 32.5 Å². The number of aryl methyl sites for hydroxylation is 1. The molecule has 26 heavy (non-hydrogen) atoms. The minimum absolute atomic E-state index is 0.0953. The fourth-order valence-electron chi connectivity index (χ4n) is 2.32. The molecule has 2 heterocycles. The molecule has 0 saturated heterocycles. The molecule has 0 atom stereocenters. The van der Waals surface area contributed by atoms with Crippen molar-refractivity contribution < 1.29 is 14.5 Å². The van der Waals surface area contributed by atoms with Gasteiger partial charge >= 0.3 is 5.97 Å². The highest BCUT2D eigenvalue weighted by atomic mass is 16.6. The van der Waals surface area contributed by atoms with Crippen molar-refractivity contribution in [3.05, 3.63) is 57.9 Å². The Balaban J connectivity index is 1.84. The summed E-state index contributed by atoms with van der Waals surface area (Å²) in [6, 6.07) is 8.06. The Hall–Kier alpha value is -3.62. The Morgan fingerprint density at radius 3 is 2.65 bits per heavy atom. The van der Waals surface area contributed by atoms with Crippen LogP contribution in [0.15, 0.2) is 36.5 Å². The van der Waals surface area contributed by atoms with Gasteiger partial charge in [-0.05, 0) is 38.1 Å². The van der Waals surface area contributed by atoms with Gasteiger partial charge in [0.1, 0.15) is 11.2 Å². The number of nitrogens with one attached hydrogen (secondary N) is 1. The van der Waals surface area contributed by atoms with Crippen LogP contribution < -0.4 is 5.32 Å². The second-order valence-corrected chi connectivity index (χ2v) is 5.37.